The van der Waals surface area contributed by atoms with Crippen LogP contribution in [0.4, 0.5) is 11.5 Å². The smallest absolute Gasteiger partial charge is 0.306 e. The third-order valence-corrected chi connectivity index (χ3v) is 2.86. The first kappa shape index (κ1) is 14.1. The molecule has 0 radical (unpaired) electrons. The van der Waals surface area contributed by atoms with Crippen LogP contribution in [0.3, 0.4) is 0 Å². The number of aryl methyl sites for hydroxylation is 1. The van der Waals surface area contributed by atoms with Crippen molar-refractivity contribution in [2.24, 2.45) is 0 Å². The number of rotatable bonds is 5. The second-order valence-corrected chi connectivity index (χ2v) is 4.79. The molecule has 0 saturated heterocycles. The van der Waals surface area contributed by atoms with E-state index in [0.717, 1.165) is 10.7 Å². The quantitative estimate of drug-likeness (QED) is 0.662. The lowest BCUT2D eigenvalue weighted by Gasteiger charge is -2.04. The van der Waals surface area contributed by atoms with E-state index in [-0.39, 0.29) is 24.6 Å². The van der Waals surface area contributed by atoms with E-state index < -0.39 is 4.92 Å². The number of nitrogens with zero attached hydrogens (tertiary/aromatic N) is 4. The second kappa shape index (κ2) is 6.24. The van der Waals surface area contributed by atoms with Gasteiger partial charge in [0.1, 0.15) is 18.2 Å². The lowest BCUT2D eigenvalue weighted by molar-refractivity contribution is -0.385. The van der Waals surface area contributed by atoms with Gasteiger partial charge in [-0.1, -0.05) is 0 Å². The van der Waals surface area contributed by atoms with Gasteiger partial charge in [0.25, 0.3) is 0 Å². The highest BCUT2D eigenvalue weighted by molar-refractivity contribution is 9.10. The zero-order valence-corrected chi connectivity index (χ0v) is 11.8. The molecule has 0 fully saturated rings. The third-order valence-electron chi connectivity index (χ3n) is 2.39. The number of anilines is 1. The Bertz CT molecular complexity index is 625. The Morgan fingerprint density at radius 2 is 2.25 bits per heavy atom. The molecule has 2 aromatic heterocycles. The van der Waals surface area contributed by atoms with Crippen LogP contribution in [0.1, 0.15) is 6.42 Å². The Hall–Kier alpha value is -2.29. The summed E-state index contributed by atoms with van der Waals surface area (Å²) in [5.74, 6) is 0.211. The molecule has 0 unspecified atom stereocenters. The van der Waals surface area contributed by atoms with Gasteiger partial charge in [0.05, 0.1) is 4.92 Å². The van der Waals surface area contributed by atoms with E-state index in [1.807, 2.05) is 0 Å². The molecule has 0 saturated carbocycles. The molecule has 0 aliphatic rings. The van der Waals surface area contributed by atoms with Gasteiger partial charge in [-0.05, 0) is 28.1 Å². The normalized spacial score (nSPS) is 10.2. The molecule has 0 aromatic carbocycles. The minimum Gasteiger partial charge on any atom is -0.311 e. The third kappa shape index (κ3) is 3.85. The summed E-state index contributed by atoms with van der Waals surface area (Å²) >= 11 is 3.25. The van der Waals surface area contributed by atoms with E-state index in [0.29, 0.717) is 5.82 Å². The Balaban J connectivity index is 1.85. The summed E-state index contributed by atoms with van der Waals surface area (Å²) < 4.78 is 2.17. The molecule has 2 aromatic rings. The molecule has 0 atom stereocenters. The molecule has 2 rings (SSSR count). The van der Waals surface area contributed by atoms with Crippen LogP contribution in [-0.2, 0) is 11.3 Å². The number of nitro groups is 1. The number of hydrogen-bond acceptors (Lipinski definition) is 5. The number of pyridine rings is 1. The number of amides is 1. The molecule has 0 bridgehead atoms. The zero-order valence-electron chi connectivity index (χ0n) is 10.2. The maximum Gasteiger partial charge on any atom is 0.306 e. The van der Waals surface area contributed by atoms with Crippen molar-refractivity contribution >= 4 is 33.3 Å². The van der Waals surface area contributed by atoms with Crippen LogP contribution >= 0.6 is 15.9 Å². The summed E-state index contributed by atoms with van der Waals surface area (Å²) in [6.07, 6.45) is 4.16. The topological polar surface area (TPSA) is 103 Å². The predicted molar refractivity (Wildman–Crippen MR) is 74.1 cm³/mol. The summed E-state index contributed by atoms with van der Waals surface area (Å²) in [6.45, 7) is 0.260. The van der Waals surface area contributed by atoms with Crippen LogP contribution in [0, 0.1) is 10.1 Å². The number of hydrogen-bond donors (Lipinski definition) is 1. The molecule has 1 N–H and O–H groups in total. The highest BCUT2D eigenvalue weighted by Crippen LogP contribution is 2.11. The molecule has 104 valence electrons. The average Bonchev–Trinajstić information content (AvgIpc) is 2.88. The van der Waals surface area contributed by atoms with Gasteiger partial charge in [-0.25, -0.2) is 4.98 Å². The standard InChI is InChI=1S/C11H10BrN5O3/c12-8-1-2-10(13-5-8)15-11(18)3-4-16-7-9(6-14-16)17(19)20/h1-2,5-7H,3-4H2,(H,13,15,18). The van der Waals surface area contributed by atoms with Crippen molar-refractivity contribution in [1.29, 1.82) is 0 Å². The number of aromatic nitrogens is 3. The summed E-state index contributed by atoms with van der Waals surface area (Å²) in [5, 5.41) is 16.9. The van der Waals surface area contributed by atoms with Crippen molar-refractivity contribution in [2.75, 3.05) is 5.32 Å². The van der Waals surface area contributed by atoms with Gasteiger partial charge in [-0.3, -0.25) is 19.6 Å². The van der Waals surface area contributed by atoms with Crippen LogP contribution in [-0.4, -0.2) is 25.6 Å². The van der Waals surface area contributed by atoms with Crippen LogP contribution in [0.5, 0.6) is 0 Å². The fraction of sp³-hybridized carbons (Fsp3) is 0.182. The lowest BCUT2D eigenvalue weighted by atomic mass is 10.4. The summed E-state index contributed by atoms with van der Waals surface area (Å²) in [7, 11) is 0. The van der Waals surface area contributed by atoms with Gasteiger partial charge >= 0.3 is 5.69 Å². The van der Waals surface area contributed by atoms with Crippen molar-refractivity contribution in [1.82, 2.24) is 14.8 Å². The summed E-state index contributed by atoms with van der Waals surface area (Å²) in [6, 6.07) is 3.43. The van der Waals surface area contributed by atoms with E-state index in [4.69, 9.17) is 0 Å². The SMILES string of the molecule is O=C(CCn1cc([N+](=O)[O-])cn1)Nc1ccc(Br)cn1. The first-order chi connectivity index (χ1) is 9.54. The largest absolute Gasteiger partial charge is 0.311 e. The van der Waals surface area contributed by atoms with Crippen LogP contribution < -0.4 is 5.32 Å². The maximum absolute atomic E-state index is 11.7. The maximum atomic E-state index is 11.7. The van der Waals surface area contributed by atoms with Gasteiger partial charge in [-0.15, -0.1) is 0 Å². The molecule has 0 aliphatic carbocycles. The number of carbonyl (C=O) groups is 1. The minimum absolute atomic E-state index is 0.0972. The van der Waals surface area contributed by atoms with Crippen molar-refractivity contribution in [3.63, 3.8) is 0 Å². The van der Waals surface area contributed by atoms with Gasteiger partial charge < -0.3 is 5.32 Å². The van der Waals surface area contributed by atoms with Gasteiger partial charge in [0, 0.05) is 23.6 Å². The van der Waals surface area contributed by atoms with Gasteiger partial charge in [0.15, 0.2) is 0 Å². The van der Waals surface area contributed by atoms with Gasteiger partial charge in [-0.2, -0.15) is 5.10 Å². The van der Waals surface area contributed by atoms with Gasteiger partial charge in [0.2, 0.25) is 5.91 Å². The molecule has 0 spiro atoms. The molecule has 8 nitrogen and oxygen atoms in total. The number of nitrogens with one attached hydrogen (secondary N) is 1. The highest BCUT2D eigenvalue weighted by atomic mass is 79.9. The van der Waals surface area contributed by atoms with E-state index in [9.17, 15) is 14.9 Å². The van der Waals surface area contributed by atoms with Crippen molar-refractivity contribution < 1.29 is 9.72 Å². The number of halogens is 1. The van der Waals surface area contributed by atoms with E-state index in [2.05, 4.69) is 31.3 Å². The Morgan fingerprint density at radius 3 is 2.85 bits per heavy atom. The second-order valence-electron chi connectivity index (χ2n) is 3.88. The number of carbonyl (C=O) groups excluding carboxylic acids is 1. The molecule has 9 heteroatoms. The van der Waals surface area contributed by atoms with E-state index in [1.165, 1.54) is 10.9 Å². The Labute approximate surface area is 122 Å². The average molecular weight is 340 g/mol. The molecular weight excluding hydrogens is 330 g/mol. The first-order valence-corrected chi connectivity index (χ1v) is 6.42. The minimum atomic E-state index is -0.532. The van der Waals surface area contributed by atoms with Crippen molar-refractivity contribution in [3.8, 4) is 0 Å². The molecule has 0 aliphatic heterocycles. The first-order valence-electron chi connectivity index (χ1n) is 5.63. The Morgan fingerprint density at radius 1 is 1.45 bits per heavy atom. The molecule has 2 heterocycles. The monoisotopic (exact) mass is 339 g/mol. The Kier molecular flexibility index (Phi) is 4.41. The predicted octanol–water partition coefficient (Wildman–Crippen LogP) is 1.98. The fourth-order valence-corrected chi connectivity index (χ4v) is 1.67. The van der Waals surface area contributed by atoms with Crippen LogP contribution in [0.25, 0.3) is 0 Å². The van der Waals surface area contributed by atoms with Crippen molar-refractivity contribution in [2.45, 2.75) is 13.0 Å². The van der Waals surface area contributed by atoms with Crippen LogP contribution in [0.15, 0.2) is 35.2 Å². The molecule has 20 heavy (non-hydrogen) atoms. The fourth-order valence-electron chi connectivity index (χ4n) is 1.44. The summed E-state index contributed by atoms with van der Waals surface area (Å²) in [4.78, 5) is 25.6. The summed E-state index contributed by atoms with van der Waals surface area (Å²) in [5.41, 5.74) is -0.0972. The highest BCUT2D eigenvalue weighted by Gasteiger charge is 2.10. The lowest BCUT2D eigenvalue weighted by Crippen LogP contribution is -2.15. The van der Waals surface area contributed by atoms with E-state index in [1.54, 1.807) is 18.3 Å². The van der Waals surface area contributed by atoms with E-state index >= 15 is 0 Å². The zero-order chi connectivity index (χ0) is 14.5. The molecular formula is C11H10BrN5O3. The van der Waals surface area contributed by atoms with Crippen molar-refractivity contribution in [3.05, 3.63) is 45.3 Å². The van der Waals surface area contributed by atoms with Crippen LogP contribution in [0.2, 0.25) is 0 Å². The molecule has 1 amide bonds.